The van der Waals surface area contributed by atoms with Crippen LogP contribution >= 0.6 is 0 Å². The fourth-order valence-electron chi connectivity index (χ4n) is 9.35. The Morgan fingerprint density at radius 1 is 1.25 bits per heavy atom. The predicted molar refractivity (Wildman–Crippen MR) is 127 cm³/mol. The number of ether oxygens (including phenoxy) is 3. The van der Waals surface area contributed by atoms with Crippen LogP contribution in [0.2, 0.25) is 0 Å². The number of carboxylic acid groups (broad SMARTS) is 1. The standard InChI is InChI=1S/C27H40O9/c1-13(2)18-7-15-8-25(11-29)17-6-5-14(3)16(17)9-26(15,27(18,25)24(32)33)12-35-23-21(31)20(30)22(34-4)19(10-28)36-23/h7,11,13-17,19-23,28,30-31H,5-6,8-10,12H2,1-4H3,(H,32,33)/t14-,15+,16-,17-,19+,20-,21-,22-,23-,25+,26+,27+/m1/s1. The van der Waals surface area contributed by atoms with E-state index in [1.807, 2.05) is 13.8 Å². The lowest BCUT2D eigenvalue weighted by molar-refractivity contribution is -0.313. The molecule has 4 bridgehead atoms. The van der Waals surface area contributed by atoms with Crippen molar-refractivity contribution in [3.8, 4) is 0 Å². The van der Waals surface area contributed by atoms with Crippen molar-refractivity contribution in [2.75, 3.05) is 20.3 Å². The van der Waals surface area contributed by atoms with Crippen LogP contribution in [0.3, 0.4) is 0 Å². The van der Waals surface area contributed by atoms with Gasteiger partial charge in [-0.25, -0.2) is 0 Å². The summed E-state index contributed by atoms with van der Waals surface area (Å²) in [6.45, 7) is 5.68. The summed E-state index contributed by atoms with van der Waals surface area (Å²) in [7, 11) is 1.36. The molecule has 36 heavy (non-hydrogen) atoms. The van der Waals surface area contributed by atoms with Gasteiger partial charge in [-0.1, -0.05) is 38.8 Å². The van der Waals surface area contributed by atoms with E-state index in [0.717, 1.165) is 24.7 Å². The average Bonchev–Trinajstić information content (AvgIpc) is 3.42. The van der Waals surface area contributed by atoms with Gasteiger partial charge in [-0.3, -0.25) is 4.79 Å². The summed E-state index contributed by atoms with van der Waals surface area (Å²) in [6, 6.07) is 0. The number of aliphatic hydroxyl groups excluding tert-OH is 3. The van der Waals surface area contributed by atoms with Crippen LogP contribution in [0, 0.1) is 45.8 Å². The topological polar surface area (TPSA) is 143 Å². The number of fused-ring (bicyclic) bond motifs is 2. The number of carboxylic acids is 1. The molecule has 1 aliphatic heterocycles. The average molecular weight is 509 g/mol. The second kappa shape index (κ2) is 8.85. The van der Waals surface area contributed by atoms with Gasteiger partial charge in [0.05, 0.1) is 18.6 Å². The van der Waals surface area contributed by atoms with Gasteiger partial charge in [0.1, 0.15) is 36.1 Å². The van der Waals surface area contributed by atoms with Gasteiger partial charge in [0, 0.05) is 12.5 Å². The third-order valence-electron chi connectivity index (χ3n) is 10.7. The van der Waals surface area contributed by atoms with Crippen LogP contribution in [0.1, 0.15) is 46.5 Å². The van der Waals surface area contributed by atoms with E-state index in [4.69, 9.17) is 14.2 Å². The Hall–Kier alpha value is -1.36. The number of rotatable bonds is 8. The number of aliphatic carboxylic acids is 1. The van der Waals surface area contributed by atoms with E-state index in [1.165, 1.54) is 7.11 Å². The molecule has 5 aliphatic rings. The third kappa shape index (κ3) is 2.98. The molecule has 9 nitrogen and oxygen atoms in total. The van der Waals surface area contributed by atoms with Crippen LogP contribution in [0.25, 0.3) is 0 Å². The van der Waals surface area contributed by atoms with Crippen molar-refractivity contribution in [1.82, 2.24) is 0 Å². The van der Waals surface area contributed by atoms with Crippen molar-refractivity contribution in [3.63, 3.8) is 0 Å². The lowest BCUT2D eigenvalue weighted by Gasteiger charge is -2.58. The van der Waals surface area contributed by atoms with Crippen molar-refractivity contribution >= 4 is 12.3 Å². The molecule has 4 aliphatic carbocycles. The minimum atomic E-state index is -1.44. The molecule has 9 heteroatoms. The molecule has 0 radical (unpaired) electrons. The van der Waals surface area contributed by atoms with Crippen molar-refractivity contribution < 1.29 is 44.2 Å². The van der Waals surface area contributed by atoms with E-state index in [1.54, 1.807) is 0 Å². The van der Waals surface area contributed by atoms with E-state index in [-0.39, 0.29) is 30.3 Å². The quantitative estimate of drug-likeness (QED) is 0.282. The van der Waals surface area contributed by atoms with Gasteiger partial charge < -0.3 is 39.4 Å². The first-order valence-corrected chi connectivity index (χ1v) is 13.2. The van der Waals surface area contributed by atoms with Crippen molar-refractivity contribution in [2.45, 2.75) is 77.2 Å². The van der Waals surface area contributed by atoms with Crippen molar-refractivity contribution in [3.05, 3.63) is 11.6 Å². The van der Waals surface area contributed by atoms with E-state index >= 15 is 0 Å². The zero-order chi connectivity index (χ0) is 26.2. The summed E-state index contributed by atoms with van der Waals surface area (Å²) in [6.07, 6.45) is 0.0714. The molecule has 5 rings (SSSR count). The zero-order valence-electron chi connectivity index (χ0n) is 21.5. The number of hydrogen-bond acceptors (Lipinski definition) is 8. The summed E-state index contributed by atoms with van der Waals surface area (Å²) in [5.41, 5.74) is -2.47. The monoisotopic (exact) mass is 508 g/mol. The van der Waals surface area contributed by atoms with Crippen LogP contribution in [0.15, 0.2) is 11.6 Å². The SMILES string of the molecule is CO[C@H]1[C@H](O)[C@@H](O)[C@H](OC[C@@]23C[C@@H]4[C@H](C)CC[C@H]4[C@@]4(C=O)C[C@@H]2C=C(C(C)C)[C@@]34C(=O)O)O[C@H]1CO. The summed E-state index contributed by atoms with van der Waals surface area (Å²) in [5.74, 6) is -0.586. The van der Waals surface area contributed by atoms with Gasteiger partial charge in [-0.15, -0.1) is 0 Å². The molecular formula is C27H40O9. The summed E-state index contributed by atoms with van der Waals surface area (Å²) < 4.78 is 17.2. The van der Waals surface area contributed by atoms with Crippen molar-refractivity contribution in [2.24, 2.45) is 45.8 Å². The van der Waals surface area contributed by atoms with Gasteiger partial charge in [-0.05, 0) is 48.9 Å². The van der Waals surface area contributed by atoms with Crippen LogP contribution in [-0.4, -0.2) is 83.7 Å². The van der Waals surface area contributed by atoms with Crippen LogP contribution in [0.4, 0.5) is 0 Å². The fraction of sp³-hybridized carbons (Fsp3) is 0.852. The Labute approximate surface area is 211 Å². The van der Waals surface area contributed by atoms with Crippen LogP contribution in [0.5, 0.6) is 0 Å². The van der Waals surface area contributed by atoms with Gasteiger partial charge in [-0.2, -0.15) is 0 Å². The highest BCUT2D eigenvalue weighted by atomic mass is 16.7. The molecule has 12 atom stereocenters. The normalized spacial score (nSPS) is 51.3. The summed E-state index contributed by atoms with van der Waals surface area (Å²) in [5, 5.41) is 42.1. The molecule has 1 saturated heterocycles. The van der Waals surface area contributed by atoms with Crippen LogP contribution < -0.4 is 0 Å². The van der Waals surface area contributed by atoms with Gasteiger partial charge in [0.15, 0.2) is 6.29 Å². The first-order chi connectivity index (χ1) is 17.1. The molecule has 0 aromatic carbocycles. The minimum Gasteiger partial charge on any atom is -0.481 e. The number of carbonyl (C=O) groups excluding carboxylic acids is 1. The Bertz CT molecular complexity index is 932. The lowest BCUT2D eigenvalue weighted by atomic mass is 9.43. The third-order valence-corrected chi connectivity index (χ3v) is 10.7. The molecule has 202 valence electrons. The van der Waals surface area contributed by atoms with E-state index in [0.29, 0.717) is 18.8 Å². The largest absolute Gasteiger partial charge is 0.481 e. The first-order valence-electron chi connectivity index (χ1n) is 13.2. The predicted octanol–water partition coefficient (Wildman–Crippen LogP) is 1.38. The molecule has 0 aromatic rings. The number of hydrogen-bond donors (Lipinski definition) is 4. The highest BCUT2D eigenvalue weighted by Crippen LogP contribution is 2.82. The molecule has 3 saturated carbocycles. The van der Waals surface area contributed by atoms with Crippen molar-refractivity contribution in [1.29, 1.82) is 0 Å². The number of methoxy groups -OCH3 is 1. The molecule has 0 spiro atoms. The number of carbonyl (C=O) groups is 2. The molecule has 0 aromatic heterocycles. The Kier molecular flexibility index (Phi) is 6.45. The first kappa shape index (κ1) is 26.3. The van der Waals surface area contributed by atoms with E-state index in [2.05, 4.69) is 13.0 Å². The summed E-state index contributed by atoms with van der Waals surface area (Å²) in [4.78, 5) is 26.6. The molecular weight excluding hydrogens is 468 g/mol. The van der Waals surface area contributed by atoms with E-state index < -0.39 is 59.5 Å². The molecule has 4 N–H and O–H groups in total. The molecule has 1 heterocycles. The number of allylic oxidation sites excluding steroid dienone is 1. The van der Waals surface area contributed by atoms with Gasteiger partial charge in [0.25, 0.3) is 0 Å². The second-order valence-corrected chi connectivity index (χ2v) is 12.2. The Morgan fingerprint density at radius 2 is 1.97 bits per heavy atom. The second-order valence-electron chi connectivity index (χ2n) is 12.2. The van der Waals surface area contributed by atoms with Gasteiger partial charge in [0.2, 0.25) is 0 Å². The number of aliphatic hydroxyl groups is 3. The molecule has 0 amide bonds. The molecule has 4 fully saturated rings. The fourth-order valence-corrected chi connectivity index (χ4v) is 9.35. The van der Waals surface area contributed by atoms with Crippen LogP contribution in [-0.2, 0) is 23.8 Å². The minimum absolute atomic E-state index is 0.0150. The smallest absolute Gasteiger partial charge is 0.315 e. The Morgan fingerprint density at radius 3 is 2.56 bits per heavy atom. The maximum atomic E-state index is 13.5. The maximum Gasteiger partial charge on any atom is 0.315 e. The highest BCUT2D eigenvalue weighted by molar-refractivity contribution is 5.90. The molecule has 0 unspecified atom stereocenters. The Balaban J connectivity index is 1.56. The van der Waals surface area contributed by atoms with Gasteiger partial charge >= 0.3 is 5.97 Å². The zero-order valence-corrected chi connectivity index (χ0v) is 21.5. The lowest BCUT2D eigenvalue weighted by Crippen LogP contribution is -2.64. The number of aldehydes is 1. The maximum absolute atomic E-state index is 13.5. The highest BCUT2D eigenvalue weighted by Gasteiger charge is 2.84. The summed E-state index contributed by atoms with van der Waals surface area (Å²) >= 11 is 0. The van der Waals surface area contributed by atoms with E-state index in [9.17, 15) is 30.0 Å².